The maximum Gasteiger partial charge on any atom is 0.119 e. The molecule has 0 spiro atoms. The molecule has 4 nitrogen and oxygen atoms in total. The van der Waals surface area contributed by atoms with Gasteiger partial charge in [0.05, 0.1) is 18.2 Å². The van der Waals surface area contributed by atoms with Gasteiger partial charge >= 0.3 is 0 Å². The van der Waals surface area contributed by atoms with Crippen LogP contribution in [-0.4, -0.2) is 36.1 Å². The predicted octanol–water partition coefficient (Wildman–Crippen LogP) is 5.27. The molecular weight excluding hydrogens is 370 g/mol. The first-order valence-corrected chi connectivity index (χ1v) is 10.7. The van der Waals surface area contributed by atoms with E-state index in [1.54, 1.807) is 0 Å². The molecule has 0 saturated carbocycles. The zero-order valence-electron chi connectivity index (χ0n) is 17.2. The highest BCUT2D eigenvalue weighted by atomic mass is 16.5. The van der Waals surface area contributed by atoms with Gasteiger partial charge in [0.1, 0.15) is 5.75 Å². The summed E-state index contributed by atoms with van der Waals surface area (Å²) in [5, 5.41) is 8.91. The lowest BCUT2D eigenvalue weighted by atomic mass is 9.90. The Morgan fingerprint density at radius 3 is 2.17 bits per heavy atom. The normalized spacial score (nSPS) is 14.9. The monoisotopic (exact) mass is 397 g/mol. The van der Waals surface area contributed by atoms with Gasteiger partial charge in [-0.05, 0) is 91.4 Å². The number of nitriles is 1. The molecule has 30 heavy (non-hydrogen) atoms. The van der Waals surface area contributed by atoms with Crippen molar-refractivity contribution >= 4 is 0 Å². The number of likely N-dealkylation sites (tertiary alicyclic amines) is 1. The van der Waals surface area contributed by atoms with Gasteiger partial charge in [-0.1, -0.05) is 24.3 Å². The second kappa shape index (κ2) is 10.0. The Balaban J connectivity index is 1.17. The Kier molecular flexibility index (Phi) is 6.74. The smallest absolute Gasteiger partial charge is 0.119 e. The number of aromatic nitrogens is 1. The van der Waals surface area contributed by atoms with E-state index in [2.05, 4.69) is 40.2 Å². The average molecular weight is 398 g/mol. The number of rotatable bonds is 7. The molecule has 1 aliphatic rings. The van der Waals surface area contributed by atoms with Gasteiger partial charge in [-0.25, -0.2) is 0 Å². The number of hydrogen-bond donors (Lipinski definition) is 0. The van der Waals surface area contributed by atoms with Crippen molar-refractivity contribution in [2.75, 3.05) is 26.2 Å². The summed E-state index contributed by atoms with van der Waals surface area (Å²) in [5.41, 5.74) is 4.34. The van der Waals surface area contributed by atoms with E-state index < -0.39 is 0 Å². The molecule has 0 unspecified atom stereocenters. The summed E-state index contributed by atoms with van der Waals surface area (Å²) >= 11 is 0. The first-order chi connectivity index (χ1) is 14.8. The molecule has 0 atom stereocenters. The van der Waals surface area contributed by atoms with Crippen molar-refractivity contribution in [2.45, 2.75) is 25.2 Å². The fraction of sp³-hybridized carbons (Fsp3) is 0.308. The zero-order chi connectivity index (χ0) is 20.6. The number of pyridine rings is 1. The summed E-state index contributed by atoms with van der Waals surface area (Å²) in [6.45, 7) is 4.14. The van der Waals surface area contributed by atoms with Crippen LogP contribution < -0.4 is 4.74 Å². The van der Waals surface area contributed by atoms with Crippen molar-refractivity contribution < 1.29 is 4.74 Å². The highest BCUT2D eigenvalue weighted by Crippen LogP contribution is 2.27. The van der Waals surface area contributed by atoms with Gasteiger partial charge in [-0.3, -0.25) is 4.98 Å². The summed E-state index contributed by atoms with van der Waals surface area (Å²) in [6.07, 6.45) is 7.28. The van der Waals surface area contributed by atoms with E-state index in [1.165, 1.54) is 18.4 Å². The molecule has 0 amide bonds. The van der Waals surface area contributed by atoms with E-state index in [-0.39, 0.29) is 0 Å². The van der Waals surface area contributed by atoms with Crippen molar-refractivity contribution in [1.82, 2.24) is 9.88 Å². The van der Waals surface area contributed by atoms with Crippen molar-refractivity contribution in [3.8, 4) is 22.9 Å². The summed E-state index contributed by atoms with van der Waals surface area (Å²) in [6, 6.07) is 22.3. The lowest BCUT2D eigenvalue weighted by molar-refractivity contribution is 0.193. The summed E-state index contributed by atoms with van der Waals surface area (Å²) in [7, 11) is 0. The largest absolute Gasteiger partial charge is 0.494 e. The van der Waals surface area contributed by atoms with Gasteiger partial charge in [-0.15, -0.1) is 0 Å². The minimum atomic E-state index is 0.676. The number of piperidine rings is 1. The van der Waals surface area contributed by atoms with Crippen LogP contribution in [-0.2, 0) is 0 Å². The Bertz CT molecular complexity index is 954. The molecule has 2 heterocycles. The highest BCUT2D eigenvalue weighted by Gasteiger charge is 2.20. The topological polar surface area (TPSA) is 49.1 Å². The van der Waals surface area contributed by atoms with Crippen LogP contribution in [0.2, 0.25) is 0 Å². The van der Waals surface area contributed by atoms with E-state index in [9.17, 15) is 0 Å². The molecule has 3 aromatic rings. The third-order valence-electron chi connectivity index (χ3n) is 5.85. The third-order valence-corrected chi connectivity index (χ3v) is 5.85. The number of benzene rings is 2. The minimum absolute atomic E-state index is 0.676. The van der Waals surface area contributed by atoms with Gasteiger partial charge in [0.25, 0.3) is 0 Å². The maximum atomic E-state index is 8.91. The van der Waals surface area contributed by atoms with Crippen LogP contribution in [0.15, 0.2) is 73.1 Å². The molecule has 4 heteroatoms. The van der Waals surface area contributed by atoms with Gasteiger partial charge in [0.15, 0.2) is 0 Å². The minimum Gasteiger partial charge on any atom is -0.494 e. The second-order valence-electron chi connectivity index (χ2n) is 7.81. The van der Waals surface area contributed by atoms with Crippen LogP contribution in [0.1, 0.15) is 36.3 Å². The van der Waals surface area contributed by atoms with Gasteiger partial charge < -0.3 is 9.64 Å². The van der Waals surface area contributed by atoms with Crippen LogP contribution in [0, 0.1) is 11.3 Å². The Morgan fingerprint density at radius 1 is 0.900 bits per heavy atom. The van der Waals surface area contributed by atoms with E-state index in [0.29, 0.717) is 11.5 Å². The second-order valence-corrected chi connectivity index (χ2v) is 7.81. The van der Waals surface area contributed by atoms with Crippen molar-refractivity contribution in [3.05, 3.63) is 84.2 Å². The highest BCUT2D eigenvalue weighted by molar-refractivity contribution is 5.64. The van der Waals surface area contributed by atoms with Crippen molar-refractivity contribution in [2.24, 2.45) is 0 Å². The van der Waals surface area contributed by atoms with E-state index in [0.717, 1.165) is 49.5 Å². The van der Waals surface area contributed by atoms with E-state index in [1.807, 2.05) is 48.8 Å². The molecule has 0 aliphatic carbocycles. The zero-order valence-corrected chi connectivity index (χ0v) is 17.2. The Morgan fingerprint density at radius 2 is 1.53 bits per heavy atom. The van der Waals surface area contributed by atoms with E-state index >= 15 is 0 Å². The molecule has 0 bridgehead atoms. The molecule has 1 saturated heterocycles. The van der Waals surface area contributed by atoms with Crippen molar-refractivity contribution in [3.63, 3.8) is 0 Å². The van der Waals surface area contributed by atoms with Gasteiger partial charge in [0, 0.05) is 18.9 Å². The summed E-state index contributed by atoms with van der Waals surface area (Å²) in [4.78, 5) is 6.67. The lowest BCUT2D eigenvalue weighted by Crippen LogP contribution is -2.34. The fourth-order valence-electron chi connectivity index (χ4n) is 4.08. The van der Waals surface area contributed by atoms with Gasteiger partial charge in [-0.2, -0.15) is 5.26 Å². The molecule has 4 rings (SSSR count). The molecule has 1 aliphatic heterocycles. The molecule has 0 radical (unpaired) electrons. The number of ether oxygens (including phenoxy) is 1. The lowest BCUT2D eigenvalue weighted by Gasteiger charge is -2.32. The Labute approximate surface area is 178 Å². The van der Waals surface area contributed by atoms with Crippen LogP contribution in [0.25, 0.3) is 11.1 Å². The standard InChI is InChI=1S/C26H27N3O/c27-20-21-2-4-22(5-3-21)23-6-8-26(9-7-23)30-19-1-16-29-17-12-25(13-18-29)24-10-14-28-15-11-24/h2-11,14-15,25H,1,12-13,16-19H2. The Hall–Kier alpha value is -3.16. The quantitative estimate of drug-likeness (QED) is 0.510. The van der Waals surface area contributed by atoms with Crippen LogP contribution in [0.4, 0.5) is 0 Å². The van der Waals surface area contributed by atoms with Crippen LogP contribution >= 0.6 is 0 Å². The molecule has 1 fully saturated rings. The summed E-state index contributed by atoms with van der Waals surface area (Å²) in [5.74, 6) is 1.58. The van der Waals surface area contributed by atoms with Crippen LogP contribution in [0.5, 0.6) is 5.75 Å². The number of hydrogen-bond acceptors (Lipinski definition) is 4. The molecular formula is C26H27N3O. The van der Waals surface area contributed by atoms with Crippen LogP contribution in [0.3, 0.4) is 0 Å². The summed E-state index contributed by atoms with van der Waals surface area (Å²) < 4.78 is 5.94. The van der Waals surface area contributed by atoms with Gasteiger partial charge in [0.2, 0.25) is 0 Å². The molecule has 2 aromatic carbocycles. The third kappa shape index (κ3) is 5.25. The maximum absolute atomic E-state index is 8.91. The average Bonchev–Trinajstić information content (AvgIpc) is 2.83. The molecule has 1 aromatic heterocycles. The first-order valence-electron chi connectivity index (χ1n) is 10.7. The SMILES string of the molecule is N#Cc1ccc(-c2ccc(OCCCN3CCC(c4ccncc4)CC3)cc2)cc1. The van der Waals surface area contributed by atoms with E-state index in [4.69, 9.17) is 10.00 Å². The fourth-order valence-corrected chi connectivity index (χ4v) is 4.08. The molecule has 0 N–H and O–H groups in total. The number of nitrogens with zero attached hydrogens (tertiary/aromatic N) is 3. The van der Waals surface area contributed by atoms with Crippen molar-refractivity contribution in [1.29, 1.82) is 5.26 Å². The first kappa shape index (κ1) is 20.1. The molecule has 152 valence electrons. The predicted molar refractivity (Wildman–Crippen MR) is 119 cm³/mol.